The predicted molar refractivity (Wildman–Crippen MR) is 67.8 cm³/mol. The lowest BCUT2D eigenvalue weighted by Gasteiger charge is -2.12. The van der Waals surface area contributed by atoms with Crippen LogP contribution in [0.25, 0.3) is 0 Å². The first-order chi connectivity index (χ1) is 9.52. The summed E-state index contributed by atoms with van der Waals surface area (Å²) in [7, 11) is 0. The van der Waals surface area contributed by atoms with Crippen molar-refractivity contribution in [3.8, 4) is 6.07 Å². The summed E-state index contributed by atoms with van der Waals surface area (Å²) in [4.78, 5) is 35.3. The number of carbonyl (C=O) groups excluding carboxylic acids is 2. The number of nitrogens with one attached hydrogen (secondary N) is 1. The zero-order chi connectivity index (χ0) is 14.7. The van der Waals surface area contributed by atoms with Crippen molar-refractivity contribution in [2.45, 2.75) is 18.9 Å². The lowest BCUT2D eigenvalue weighted by molar-refractivity contribution is -0.137. The van der Waals surface area contributed by atoms with Crippen LogP contribution in [0.4, 0.5) is 10.5 Å². The third-order valence-electron chi connectivity index (χ3n) is 2.92. The van der Waals surface area contributed by atoms with Gasteiger partial charge in [0, 0.05) is 6.42 Å². The van der Waals surface area contributed by atoms with Gasteiger partial charge < -0.3 is 10.4 Å². The number of nitriles is 1. The third kappa shape index (κ3) is 2.59. The smallest absolute Gasteiger partial charge is 0.329 e. The Kier molecular flexibility index (Phi) is 3.66. The van der Waals surface area contributed by atoms with Crippen molar-refractivity contribution in [1.29, 1.82) is 5.26 Å². The van der Waals surface area contributed by atoms with Gasteiger partial charge >= 0.3 is 12.0 Å². The van der Waals surface area contributed by atoms with Crippen LogP contribution in [0, 0.1) is 11.3 Å². The van der Waals surface area contributed by atoms with Gasteiger partial charge in [-0.2, -0.15) is 5.26 Å². The van der Waals surface area contributed by atoms with E-state index in [0.717, 1.165) is 4.90 Å². The van der Waals surface area contributed by atoms with Crippen LogP contribution in [0.3, 0.4) is 0 Å². The van der Waals surface area contributed by atoms with Crippen molar-refractivity contribution < 1.29 is 19.5 Å². The molecule has 0 radical (unpaired) electrons. The van der Waals surface area contributed by atoms with Gasteiger partial charge in [0.2, 0.25) is 0 Å². The SMILES string of the molecule is N#Cc1ccc(N2C(=O)NC(CCC(=O)O)C2=O)cc1. The van der Waals surface area contributed by atoms with Crippen molar-refractivity contribution in [1.82, 2.24) is 5.32 Å². The maximum Gasteiger partial charge on any atom is 0.329 e. The number of aliphatic carboxylic acids is 1. The van der Waals surface area contributed by atoms with Gasteiger partial charge in [-0.25, -0.2) is 9.69 Å². The standard InChI is InChI=1S/C13H11N3O4/c14-7-8-1-3-9(4-2-8)16-12(19)10(15-13(16)20)5-6-11(17)18/h1-4,10H,5-6H2,(H,15,20)(H,17,18). The summed E-state index contributed by atoms with van der Waals surface area (Å²) in [6.45, 7) is 0. The molecule has 0 aromatic heterocycles. The van der Waals surface area contributed by atoms with E-state index in [9.17, 15) is 14.4 Å². The summed E-state index contributed by atoms with van der Waals surface area (Å²) in [5, 5.41) is 19.7. The van der Waals surface area contributed by atoms with Crippen LogP contribution in [-0.2, 0) is 9.59 Å². The van der Waals surface area contributed by atoms with Gasteiger partial charge in [0.25, 0.3) is 5.91 Å². The molecule has 0 bridgehead atoms. The Morgan fingerprint density at radius 2 is 2.00 bits per heavy atom. The highest BCUT2D eigenvalue weighted by molar-refractivity contribution is 6.21. The Hall–Kier alpha value is -2.88. The summed E-state index contributed by atoms with van der Waals surface area (Å²) in [6.07, 6.45) is -0.148. The number of nitrogens with zero attached hydrogens (tertiary/aromatic N) is 2. The van der Waals surface area contributed by atoms with Crippen molar-refractivity contribution in [3.05, 3.63) is 29.8 Å². The average molecular weight is 273 g/mol. The molecule has 1 atom stereocenters. The van der Waals surface area contributed by atoms with Crippen LogP contribution < -0.4 is 10.2 Å². The van der Waals surface area contributed by atoms with E-state index in [4.69, 9.17) is 10.4 Å². The van der Waals surface area contributed by atoms with Gasteiger partial charge in [0.15, 0.2) is 0 Å². The molecule has 7 heteroatoms. The fourth-order valence-corrected chi connectivity index (χ4v) is 1.92. The number of rotatable bonds is 4. The van der Waals surface area contributed by atoms with E-state index >= 15 is 0 Å². The Labute approximate surface area is 114 Å². The fraction of sp³-hybridized carbons (Fsp3) is 0.231. The number of anilines is 1. The first-order valence-corrected chi connectivity index (χ1v) is 5.89. The number of imide groups is 1. The number of urea groups is 1. The first-order valence-electron chi connectivity index (χ1n) is 5.89. The van der Waals surface area contributed by atoms with Gasteiger partial charge in [-0.3, -0.25) is 9.59 Å². The molecule has 1 aromatic rings. The van der Waals surface area contributed by atoms with Gasteiger partial charge in [-0.05, 0) is 30.7 Å². The molecule has 1 aromatic carbocycles. The quantitative estimate of drug-likeness (QED) is 0.790. The molecule has 20 heavy (non-hydrogen) atoms. The minimum Gasteiger partial charge on any atom is -0.481 e. The van der Waals surface area contributed by atoms with Crippen LogP contribution in [0.5, 0.6) is 0 Å². The van der Waals surface area contributed by atoms with Gasteiger partial charge in [-0.1, -0.05) is 0 Å². The monoisotopic (exact) mass is 273 g/mol. The van der Waals surface area contributed by atoms with Crippen LogP contribution in [0.1, 0.15) is 18.4 Å². The molecule has 0 spiro atoms. The maximum atomic E-state index is 12.1. The Bertz CT molecular complexity index is 603. The van der Waals surface area contributed by atoms with Crippen LogP contribution >= 0.6 is 0 Å². The van der Waals surface area contributed by atoms with E-state index in [2.05, 4.69) is 5.32 Å². The number of hydrogen-bond donors (Lipinski definition) is 2. The van der Waals surface area contributed by atoms with E-state index in [1.54, 1.807) is 0 Å². The third-order valence-corrected chi connectivity index (χ3v) is 2.92. The van der Waals surface area contributed by atoms with E-state index < -0.39 is 23.9 Å². The summed E-state index contributed by atoms with van der Waals surface area (Å²) < 4.78 is 0. The molecule has 3 amide bonds. The average Bonchev–Trinajstić information content (AvgIpc) is 2.71. The molecular weight excluding hydrogens is 262 g/mol. The fourth-order valence-electron chi connectivity index (χ4n) is 1.92. The molecule has 2 N–H and O–H groups in total. The predicted octanol–water partition coefficient (Wildman–Crippen LogP) is 0.848. The molecule has 1 aliphatic heterocycles. The summed E-state index contributed by atoms with van der Waals surface area (Å²) in [6, 6.07) is 6.52. The summed E-state index contributed by atoms with van der Waals surface area (Å²) in [5.41, 5.74) is 0.771. The minimum atomic E-state index is -1.02. The van der Waals surface area contributed by atoms with E-state index in [1.807, 2.05) is 6.07 Å². The highest BCUT2D eigenvalue weighted by Gasteiger charge is 2.38. The number of carboxylic acid groups (broad SMARTS) is 1. The lowest BCUT2D eigenvalue weighted by atomic mass is 10.1. The lowest BCUT2D eigenvalue weighted by Crippen LogP contribution is -2.31. The highest BCUT2D eigenvalue weighted by atomic mass is 16.4. The number of benzene rings is 1. The molecule has 7 nitrogen and oxygen atoms in total. The number of hydrogen-bond acceptors (Lipinski definition) is 4. The molecular formula is C13H11N3O4. The van der Waals surface area contributed by atoms with Gasteiger partial charge in [0.1, 0.15) is 6.04 Å². The number of carbonyl (C=O) groups is 3. The van der Waals surface area contributed by atoms with Crippen molar-refractivity contribution in [2.24, 2.45) is 0 Å². The largest absolute Gasteiger partial charge is 0.481 e. The van der Waals surface area contributed by atoms with Crippen molar-refractivity contribution >= 4 is 23.6 Å². The van der Waals surface area contributed by atoms with E-state index in [0.29, 0.717) is 11.3 Å². The molecule has 1 aliphatic rings. The molecule has 1 fully saturated rings. The van der Waals surface area contributed by atoms with E-state index in [1.165, 1.54) is 24.3 Å². The molecule has 1 heterocycles. The molecule has 0 aliphatic carbocycles. The molecule has 1 saturated heterocycles. The second-order valence-electron chi connectivity index (χ2n) is 4.27. The van der Waals surface area contributed by atoms with Crippen LogP contribution in [0.2, 0.25) is 0 Å². The topological polar surface area (TPSA) is 110 Å². The van der Waals surface area contributed by atoms with Gasteiger partial charge in [0.05, 0.1) is 17.3 Å². The zero-order valence-corrected chi connectivity index (χ0v) is 10.4. The minimum absolute atomic E-state index is 0.0483. The molecule has 102 valence electrons. The normalized spacial score (nSPS) is 17.8. The molecule has 2 rings (SSSR count). The number of amides is 3. The Morgan fingerprint density at radius 1 is 1.35 bits per heavy atom. The zero-order valence-electron chi connectivity index (χ0n) is 10.4. The van der Waals surface area contributed by atoms with Crippen molar-refractivity contribution in [3.63, 3.8) is 0 Å². The van der Waals surface area contributed by atoms with Crippen molar-refractivity contribution in [2.75, 3.05) is 4.90 Å². The summed E-state index contributed by atoms with van der Waals surface area (Å²) >= 11 is 0. The van der Waals surface area contributed by atoms with Crippen LogP contribution in [0.15, 0.2) is 24.3 Å². The van der Waals surface area contributed by atoms with Crippen LogP contribution in [-0.4, -0.2) is 29.1 Å². The molecule has 1 unspecified atom stereocenters. The van der Waals surface area contributed by atoms with Gasteiger partial charge in [-0.15, -0.1) is 0 Å². The second-order valence-corrected chi connectivity index (χ2v) is 4.27. The Balaban J connectivity index is 2.16. The first kappa shape index (κ1) is 13.5. The van der Waals surface area contributed by atoms with E-state index in [-0.39, 0.29) is 12.8 Å². The number of carboxylic acids is 1. The summed E-state index contributed by atoms with van der Waals surface area (Å²) in [5.74, 6) is -1.51. The highest BCUT2D eigenvalue weighted by Crippen LogP contribution is 2.21. The maximum absolute atomic E-state index is 12.1. The Morgan fingerprint density at radius 3 is 2.55 bits per heavy atom. The molecule has 0 saturated carbocycles. The second kappa shape index (κ2) is 5.40.